The molecule has 1 amide bonds. The fraction of sp³-hybridized carbons (Fsp3) is 0.667. The predicted molar refractivity (Wildman–Crippen MR) is 94.2 cm³/mol. The third-order valence-corrected chi connectivity index (χ3v) is 5.17. The highest BCUT2D eigenvalue weighted by molar-refractivity contribution is 5.82. The molecule has 0 spiro atoms. The summed E-state index contributed by atoms with van der Waals surface area (Å²) in [5.74, 6) is 1.09. The van der Waals surface area contributed by atoms with Gasteiger partial charge in [0.25, 0.3) is 0 Å². The minimum absolute atomic E-state index is 0.0464. The van der Waals surface area contributed by atoms with E-state index >= 15 is 0 Å². The van der Waals surface area contributed by atoms with Crippen LogP contribution in [0, 0.1) is 5.41 Å². The third kappa shape index (κ3) is 4.22. The second-order valence-corrected chi connectivity index (χ2v) is 6.45. The van der Waals surface area contributed by atoms with Crippen molar-refractivity contribution in [2.24, 2.45) is 11.1 Å². The zero-order valence-electron chi connectivity index (χ0n) is 14.5. The van der Waals surface area contributed by atoms with Gasteiger partial charge in [-0.3, -0.25) is 4.79 Å². The van der Waals surface area contributed by atoms with E-state index in [4.69, 9.17) is 5.73 Å². The number of hydrogen-bond acceptors (Lipinski definition) is 4. The number of aromatic nitrogens is 1. The first kappa shape index (κ1) is 17.7. The van der Waals surface area contributed by atoms with E-state index in [9.17, 15) is 4.79 Å². The van der Waals surface area contributed by atoms with E-state index < -0.39 is 5.41 Å². The van der Waals surface area contributed by atoms with Crippen molar-refractivity contribution < 1.29 is 4.79 Å². The molecule has 3 N–H and O–H groups in total. The molecule has 0 aliphatic carbocycles. The van der Waals surface area contributed by atoms with Crippen molar-refractivity contribution in [3.63, 3.8) is 0 Å². The molecule has 1 aliphatic rings. The van der Waals surface area contributed by atoms with Crippen LogP contribution in [0.1, 0.15) is 51.5 Å². The van der Waals surface area contributed by atoms with Crippen molar-refractivity contribution >= 4 is 11.7 Å². The fourth-order valence-electron chi connectivity index (χ4n) is 3.15. The van der Waals surface area contributed by atoms with Gasteiger partial charge in [0, 0.05) is 32.4 Å². The Morgan fingerprint density at radius 2 is 1.96 bits per heavy atom. The van der Waals surface area contributed by atoms with Gasteiger partial charge in [0.2, 0.25) is 5.91 Å². The molecule has 1 aromatic rings. The second-order valence-electron chi connectivity index (χ2n) is 6.45. The smallest absolute Gasteiger partial charge is 0.227 e. The second kappa shape index (κ2) is 8.29. The van der Waals surface area contributed by atoms with Crippen molar-refractivity contribution in [2.45, 2.75) is 52.5 Å². The van der Waals surface area contributed by atoms with Crippen LogP contribution in [0.15, 0.2) is 18.3 Å². The Morgan fingerprint density at radius 3 is 2.48 bits per heavy atom. The van der Waals surface area contributed by atoms with Crippen molar-refractivity contribution in [3.05, 3.63) is 23.9 Å². The summed E-state index contributed by atoms with van der Waals surface area (Å²) >= 11 is 0. The van der Waals surface area contributed by atoms with Gasteiger partial charge in [-0.15, -0.1) is 0 Å². The zero-order valence-corrected chi connectivity index (χ0v) is 14.5. The molecule has 0 atom stereocenters. The lowest BCUT2D eigenvalue weighted by Gasteiger charge is -2.29. The quantitative estimate of drug-likeness (QED) is 0.810. The number of rotatable bonds is 7. The number of pyridine rings is 1. The molecule has 1 aromatic heterocycles. The van der Waals surface area contributed by atoms with Crippen LogP contribution in [0.2, 0.25) is 0 Å². The van der Waals surface area contributed by atoms with E-state index in [1.54, 1.807) is 0 Å². The Labute approximate surface area is 139 Å². The number of carbonyl (C=O) groups is 1. The summed E-state index contributed by atoms with van der Waals surface area (Å²) in [6, 6.07) is 4.11. The molecule has 1 aliphatic heterocycles. The minimum Gasteiger partial charge on any atom is -0.357 e. The molecule has 0 bridgehead atoms. The minimum atomic E-state index is -0.443. The summed E-state index contributed by atoms with van der Waals surface area (Å²) in [6.07, 6.45) is 7.20. The molecule has 5 heteroatoms. The topological polar surface area (TPSA) is 71.2 Å². The molecular weight excluding hydrogens is 288 g/mol. The lowest BCUT2D eigenvalue weighted by atomic mass is 9.81. The Morgan fingerprint density at radius 1 is 1.26 bits per heavy atom. The van der Waals surface area contributed by atoms with Crippen molar-refractivity contribution in [3.8, 4) is 0 Å². The van der Waals surface area contributed by atoms with Gasteiger partial charge in [0.05, 0.1) is 5.41 Å². The largest absolute Gasteiger partial charge is 0.357 e. The van der Waals surface area contributed by atoms with Crippen LogP contribution in [0.3, 0.4) is 0 Å². The highest BCUT2D eigenvalue weighted by Gasteiger charge is 2.32. The first-order valence-electron chi connectivity index (χ1n) is 8.83. The summed E-state index contributed by atoms with van der Waals surface area (Å²) in [5.41, 5.74) is 6.40. The summed E-state index contributed by atoms with van der Waals surface area (Å²) < 4.78 is 0. The van der Waals surface area contributed by atoms with Crippen LogP contribution < -0.4 is 16.0 Å². The van der Waals surface area contributed by atoms with Crippen molar-refractivity contribution in [2.75, 3.05) is 24.5 Å². The number of hydrogen-bond donors (Lipinski definition) is 2. The normalized spacial score (nSPS) is 15.5. The van der Waals surface area contributed by atoms with E-state index in [1.807, 2.05) is 20.0 Å². The lowest BCUT2D eigenvalue weighted by molar-refractivity contribution is -0.131. The summed E-state index contributed by atoms with van der Waals surface area (Å²) in [5, 5.41) is 3.02. The molecule has 2 heterocycles. The Kier molecular flexibility index (Phi) is 6.39. The van der Waals surface area contributed by atoms with Crippen LogP contribution in [-0.2, 0) is 11.3 Å². The number of amides is 1. The number of carbonyl (C=O) groups excluding carboxylic acids is 1. The molecule has 1 saturated heterocycles. The maximum absolute atomic E-state index is 12.4. The predicted octanol–water partition coefficient (Wildman–Crippen LogP) is 2.45. The van der Waals surface area contributed by atoms with Gasteiger partial charge in [0.1, 0.15) is 5.82 Å². The number of nitrogens with zero attached hydrogens (tertiary/aromatic N) is 2. The summed E-state index contributed by atoms with van der Waals surface area (Å²) in [6.45, 7) is 7.12. The van der Waals surface area contributed by atoms with Crippen LogP contribution >= 0.6 is 0 Å². The van der Waals surface area contributed by atoms with Crippen LogP contribution in [-0.4, -0.2) is 30.5 Å². The van der Waals surface area contributed by atoms with Gasteiger partial charge in [-0.05, 0) is 43.7 Å². The number of anilines is 1. The Bertz CT molecular complexity index is 482. The first-order valence-corrected chi connectivity index (χ1v) is 8.83. The molecule has 0 saturated carbocycles. The highest BCUT2D eigenvalue weighted by atomic mass is 16.2. The number of nitrogens with two attached hydrogens (primary N) is 1. The van der Waals surface area contributed by atoms with Gasteiger partial charge >= 0.3 is 0 Å². The van der Waals surface area contributed by atoms with Crippen LogP contribution in [0.25, 0.3) is 0 Å². The van der Waals surface area contributed by atoms with Gasteiger partial charge in [-0.1, -0.05) is 19.9 Å². The molecule has 0 radical (unpaired) electrons. The van der Waals surface area contributed by atoms with E-state index in [0.717, 1.165) is 37.3 Å². The molecular formula is C18H30N4O. The van der Waals surface area contributed by atoms with E-state index in [2.05, 4.69) is 27.3 Å². The first-order chi connectivity index (χ1) is 11.1. The molecule has 2 rings (SSSR count). The van der Waals surface area contributed by atoms with Crippen molar-refractivity contribution in [1.29, 1.82) is 0 Å². The average Bonchev–Trinajstić information content (AvgIpc) is 2.63. The standard InChI is InChI=1S/C18H30N4O/c1-3-18(4-2,14-19)17(23)21-13-15-8-9-16(20-12-15)22-10-6-5-7-11-22/h8-9,12H,3-7,10-11,13-14,19H2,1-2H3,(H,21,23). The van der Waals surface area contributed by atoms with Gasteiger partial charge in [-0.25, -0.2) is 4.98 Å². The van der Waals surface area contributed by atoms with Gasteiger partial charge in [0.15, 0.2) is 0 Å². The molecule has 0 aromatic carbocycles. The van der Waals surface area contributed by atoms with Crippen molar-refractivity contribution in [1.82, 2.24) is 10.3 Å². The lowest BCUT2D eigenvalue weighted by Crippen LogP contribution is -2.45. The van der Waals surface area contributed by atoms with Crippen LogP contribution in [0.4, 0.5) is 5.82 Å². The molecule has 0 unspecified atom stereocenters. The molecule has 5 nitrogen and oxygen atoms in total. The number of piperidine rings is 1. The zero-order chi connectivity index (χ0) is 16.7. The SMILES string of the molecule is CCC(CC)(CN)C(=O)NCc1ccc(N2CCCCC2)nc1. The maximum atomic E-state index is 12.4. The summed E-state index contributed by atoms with van der Waals surface area (Å²) in [4.78, 5) is 19.3. The molecule has 1 fully saturated rings. The van der Waals surface area contributed by atoms with E-state index in [1.165, 1.54) is 19.3 Å². The van der Waals surface area contributed by atoms with E-state index in [0.29, 0.717) is 13.1 Å². The average molecular weight is 318 g/mol. The van der Waals surface area contributed by atoms with Gasteiger partial charge in [-0.2, -0.15) is 0 Å². The Balaban J connectivity index is 1.92. The van der Waals surface area contributed by atoms with E-state index in [-0.39, 0.29) is 5.91 Å². The third-order valence-electron chi connectivity index (χ3n) is 5.17. The Hall–Kier alpha value is -1.62. The summed E-state index contributed by atoms with van der Waals surface area (Å²) in [7, 11) is 0. The van der Waals surface area contributed by atoms with Gasteiger partial charge < -0.3 is 16.0 Å². The fourth-order valence-corrected chi connectivity index (χ4v) is 3.15. The monoisotopic (exact) mass is 318 g/mol. The molecule has 23 heavy (non-hydrogen) atoms. The molecule has 128 valence electrons. The van der Waals surface area contributed by atoms with Crippen LogP contribution in [0.5, 0.6) is 0 Å². The highest BCUT2D eigenvalue weighted by Crippen LogP contribution is 2.25. The number of nitrogens with one attached hydrogen (secondary N) is 1. The maximum Gasteiger partial charge on any atom is 0.227 e.